The van der Waals surface area contributed by atoms with E-state index in [1.807, 2.05) is 6.07 Å². The van der Waals surface area contributed by atoms with Gasteiger partial charge in [0.2, 0.25) is 10.0 Å². The van der Waals surface area contributed by atoms with Gasteiger partial charge in [0.05, 0.1) is 16.9 Å². The number of sulfonamides is 1. The van der Waals surface area contributed by atoms with E-state index < -0.39 is 15.3 Å². The molecule has 25 heavy (non-hydrogen) atoms. The summed E-state index contributed by atoms with van der Waals surface area (Å²) in [6.07, 6.45) is 4.75. The van der Waals surface area contributed by atoms with Crippen LogP contribution in [0.3, 0.4) is 0 Å². The summed E-state index contributed by atoms with van der Waals surface area (Å²) in [5.41, 5.74) is 0.744. The maximum atomic E-state index is 12.3. The van der Waals surface area contributed by atoms with Crippen molar-refractivity contribution in [2.24, 2.45) is 0 Å². The van der Waals surface area contributed by atoms with Crippen LogP contribution in [0.15, 0.2) is 29.0 Å². The van der Waals surface area contributed by atoms with E-state index in [0.29, 0.717) is 24.8 Å². The van der Waals surface area contributed by atoms with Gasteiger partial charge in [0, 0.05) is 25.5 Å². The first-order chi connectivity index (χ1) is 12.0. The fourth-order valence-corrected chi connectivity index (χ4v) is 4.04. The van der Waals surface area contributed by atoms with Gasteiger partial charge in [-0.05, 0) is 38.8 Å². The predicted octanol–water partition coefficient (Wildman–Crippen LogP) is 1.85. The summed E-state index contributed by atoms with van der Waals surface area (Å²) in [5.74, 6) is 0.821. The Kier molecular flexibility index (Phi) is 5.45. The Morgan fingerprint density at radius 2 is 2.28 bits per heavy atom. The number of hydrogen-bond donors (Lipinski definition) is 0. The molecule has 0 aromatic carbocycles. The van der Waals surface area contributed by atoms with Gasteiger partial charge < -0.3 is 9.26 Å². The lowest BCUT2D eigenvalue weighted by atomic mass is 10.1. The van der Waals surface area contributed by atoms with Gasteiger partial charge in [-0.25, -0.2) is 8.42 Å². The number of aromatic nitrogens is 3. The summed E-state index contributed by atoms with van der Waals surface area (Å²) in [6, 6.07) is 3.63. The van der Waals surface area contributed by atoms with Gasteiger partial charge in [-0.3, -0.25) is 4.98 Å². The first kappa shape index (κ1) is 18.0. The van der Waals surface area contributed by atoms with E-state index in [4.69, 9.17) is 9.26 Å². The zero-order chi connectivity index (χ0) is 17.9. The van der Waals surface area contributed by atoms with E-state index >= 15 is 0 Å². The largest absolute Gasteiger partial charge is 0.369 e. The molecule has 0 aliphatic carbocycles. The number of ether oxygens (including phenoxy) is 1. The molecule has 2 aromatic rings. The van der Waals surface area contributed by atoms with Crippen molar-refractivity contribution in [1.82, 2.24) is 19.4 Å². The van der Waals surface area contributed by atoms with Crippen molar-refractivity contribution >= 4 is 10.0 Å². The molecular formula is C16H22N4O4S. The number of piperidine rings is 1. The van der Waals surface area contributed by atoms with Gasteiger partial charge in [0.25, 0.3) is 5.89 Å². The molecule has 0 spiro atoms. The zero-order valence-corrected chi connectivity index (χ0v) is 15.1. The Hall–Kier alpha value is -1.84. The molecule has 0 N–H and O–H groups in total. The summed E-state index contributed by atoms with van der Waals surface area (Å²) in [4.78, 5) is 8.30. The van der Waals surface area contributed by atoms with Crippen LogP contribution in [-0.2, 0) is 21.4 Å². The summed E-state index contributed by atoms with van der Waals surface area (Å²) in [6.45, 7) is 4.49. The van der Waals surface area contributed by atoms with Crippen LogP contribution in [-0.4, -0.2) is 52.3 Å². The molecule has 1 aliphatic rings. The molecule has 2 aromatic heterocycles. The molecule has 1 fully saturated rings. The first-order valence-electron chi connectivity index (χ1n) is 8.30. The second-order valence-corrected chi connectivity index (χ2v) is 8.77. The second kappa shape index (κ2) is 7.59. The maximum Gasteiger partial charge on any atom is 0.259 e. The van der Waals surface area contributed by atoms with Crippen molar-refractivity contribution in [2.75, 3.05) is 13.1 Å². The lowest BCUT2D eigenvalue weighted by Crippen LogP contribution is -2.45. The van der Waals surface area contributed by atoms with Gasteiger partial charge in [-0.15, -0.1) is 0 Å². The minimum Gasteiger partial charge on any atom is -0.369 e. The Labute approximate surface area is 147 Å². The van der Waals surface area contributed by atoms with Gasteiger partial charge in [0.15, 0.2) is 5.82 Å². The fraction of sp³-hybridized carbons (Fsp3) is 0.562. The predicted molar refractivity (Wildman–Crippen MR) is 91.0 cm³/mol. The third-order valence-electron chi connectivity index (χ3n) is 4.12. The molecule has 3 heterocycles. The molecule has 0 saturated carbocycles. The minimum atomic E-state index is -3.25. The van der Waals surface area contributed by atoms with Crippen molar-refractivity contribution in [2.45, 2.75) is 44.6 Å². The van der Waals surface area contributed by atoms with Crippen molar-refractivity contribution in [3.63, 3.8) is 0 Å². The van der Waals surface area contributed by atoms with Gasteiger partial charge in [-0.2, -0.15) is 9.29 Å². The number of pyridine rings is 1. The molecule has 8 nitrogen and oxygen atoms in total. The molecule has 1 saturated heterocycles. The zero-order valence-electron chi connectivity index (χ0n) is 14.3. The minimum absolute atomic E-state index is 0.164. The molecule has 0 amide bonds. The van der Waals surface area contributed by atoms with E-state index in [-0.39, 0.29) is 12.7 Å². The van der Waals surface area contributed by atoms with Gasteiger partial charge in [0.1, 0.15) is 6.61 Å². The molecule has 136 valence electrons. The van der Waals surface area contributed by atoms with Crippen LogP contribution >= 0.6 is 0 Å². The molecule has 1 atom stereocenters. The van der Waals surface area contributed by atoms with Crippen LogP contribution in [0.2, 0.25) is 0 Å². The highest BCUT2D eigenvalue weighted by Crippen LogP contribution is 2.20. The van der Waals surface area contributed by atoms with Crippen LogP contribution in [0.4, 0.5) is 0 Å². The van der Waals surface area contributed by atoms with Crippen molar-refractivity contribution in [3.8, 4) is 11.5 Å². The van der Waals surface area contributed by atoms with E-state index in [2.05, 4.69) is 15.1 Å². The van der Waals surface area contributed by atoms with E-state index in [0.717, 1.165) is 18.4 Å². The van der Waals surface area contributed by atoms with Crippen LogP contribution in [0, 0.1) is 0 Å². The molecule has 1 aliphatic heterocycles. The average molecular weight is 366 g/mol. The third kappa shape index (κ3) is 4.23. The molecular weight excluding hydrogens is 344 g/mol. The smallest absolute Gasteiger partial charge is 0.259 e. The highest BCUT2D eigenvalue weighted by atomic mass is 32.2. The van der Waals surface area contributed by atoms with E-state index in [1.165, 1.54) is 4.31 Å². The lowest BCUT2D eigenvalue weighted by molar-refractivity contribution is 0.00427. The lowest BCUT2D eigenvalue weighted by Gasteiger charge is -2.32. The summed E-state index contributed by atoms with van der Waals surface area (Å²) < 4.78 is 37.1. The van der Waals surface area contributed by atoms with Crippen LogP contribution in [0.1, 0.15) is 32.5 Å². The standard InChI is InChI=1S/C16H22N4O4S/c1-12(2)25(21,22)20-8-4-6-14(10-20)23-11-15-18-16(24-19-15)13-5-3-7-17-9-13/h3,5,7,9,12,14H,4,6,8,10-11H2,1-2H3. The van der Waals surface area contributed by atoms with Crippen molar-refractivity contribution in [3.05, 3.63) is 30.4 Å². The highest BCUT2D eigenvalue weighted by molar-refractivity contribution is 7.89. The van der Waals surface area contributed by atoms with Crippen LogP contribution < -0.4 is 0 Å². The summed E-state index contributed by atoms with van der Waals surface area (Å²) in [5, 5.41) is 3.48. The Morgan fingerprint density at radius 3 is 3.00 bits per heavy atom. The van der Waals surface area contributed by atoms with Crippen molar-refractivity contribution in [1.29, 1.82) is 0 Å². The van der Waals surface area contributed by atoms with Gasteiger partial charge >= 0.3 is 0 Å². The molecule has 9 heteroatoms. The number of hydrogen-bond acceptors (Lipinski definition) is 7. The van der Waals surface area contributed by atoms with Gasteiger partial charge in [-0.1, -0.05) is 5.16 Å². The SMILES string of the molecule is CC(C)S(=O)(=O)N1CCCC(OCc2noc(-c3cccnc3)n2)C1. The molecule has 1 unspecified atom stereocenters. The average Bonchev–Trinajstić information content (AvgIpc) is 3.10. The summed E-state index contributed by atoms with van der Waals surface area (Å²) >= 11 is 0. The topological polar surface area (TPSA) is 98.4 Å². The molecule has 0 bridgehead atoms. The van der Waals surface area contributed by atoms with Crippen LogP contribution in [0.25, 0.3) is 11.5 Å². The van der Waals surface area contributed by atoms with Crippen LogP contribution in [0.5, 0.6) is 0 Å². The fourth-order valence-electron chi connectivity index (χ4n) is 2.68. The summed E-state index contributed by atoms with van der Waals surface area (Å²) in [7, 11) is -3.25. The third-order valence-corrected chi connectivity index (χ3v) is 6.36. The quantitative estimate of drug-likeness (QED) is 0.769. The number of nitrogens with zero attached hydrogens (tertiary/aromatic N) is 4. The Balaban J connectivity index is 1.58. The second-order valence-electron chi connectivity index (χ2n) is 6.28. The number of rotatable bonds is 6. The molecule has 0 radical (unpaired) electrons. The maximum absolute atomic E-state index is 12.3. The highest BCUT2D eigenvalue weighted by Gasteiger charge is 2.31. The van der Waals surface area contributed by atoms with E-state index in [1.54, 1.807) is 32.3 Å². The normalized spacial score (nSPS) is 19.4. The first-order valence-corrected chi connectivity index (χ1v) is 9.80. The van der Waals surface area contributed by atoms with E-state index in [9.17, 15) is 8.42 Å². The molecule has 3 rings (SSSR count). The monoisotopic (exact) mass is 366 g/mol. The van der Waals surface area contributed by atoms with Crippen molar-refractivity contribution < 1.29 is 17.7 Å². The Bertz CT molecular complexity index is 791. The Morgan fingerprint density at radius 1 is 1.44 bits per heavy atom.